The number of carboxylic acid groups (broad SMARTS) is 2. The van der Waals surface area contributed by atoms with Gasteiger partial charge in [-0.3, -0.25) is 0 Å². The summed E-state index contributed by atoms with van der Waals surface area (Å²) in [6, 6.07) is 0. The van der Waals surface area contributed by atoms with Crippen molar-refractivity contribution in [1.82, 2.24) is 12.3 Å². The molecule has 0 unspecified atom stereocenters. The predicted molar refractivity (Wildman–Crippen MR) is 32.3 cm³/mol. The molecule has 10 N–H and O–H groups in total. The Kier molecular flexibility index (Phi) is 15.9. The molecule has 0 aliphatic rings. The number of carbonyl (C=O) groups excluding carboxylic acids is 2. The molecule has 0 aromatic rings. The fourth-order valence-corrected chi connectivity index (χ4v) is 0.193. The van der Waals surface area contributed by atoms with Gasteiger partial charge in [-0.25, -0.2) is 0 Å². The second-order valence-corrected chi connectivity index (χ2v) is 1.27. The van der Waals surface area contributed by atoms with Crippen LogP contribution in [0.1, 0.15) is 0 Å². The van der Waals surface area contributed by atoms with E-state index in [1.807, 2.05) is 0 Å². The van der Waals surface area contributed by atoms with Crippen LogP contribution >= 0.6 is 0 Å². The summed E-state index contributed by atoms with van der Waals surface area (Å²) in [5.41, 5.74) is 0. The first kappa shape index (κ1) is 22.7. The van der Waals surface area contributed by atoms with Crippen LogP contribution in [-0.2, 0) is 26.7 Å². The maximum atomic E-state index is 9.58. The Morgan fingerprint density at radius 1 is 0.923 bits per heavy atom. The Labute approximate surface area is 84.2 Å². The zero-order valence-electron chi connectivity index (χ0n) is 6.88. The molecule has 8 nitrogen and oxygen atoms in total. The number of rotatable bonds is 3. The van der Waals surface area contributed by atoms with Crippen LogP contribution in [0.2, 0.25) is 0 Å². The van der Waals surface area contributed by atoms with Crippen molar-refractivity contribution in [1.29, 1.82) is 0 Å². The number of aliphatic hydroxyl groups is 2. The third-order valence-corrected chi connectivity index (χ3v) is 0.611. The van der Waals surface area contributed by atoms with E-state index in [1.165, 1.54) is 0 Å². The topological polar surface area (TPSA) is 194 Å². The van der Waals surface area contributed by atoms with E-state index in [0.29, 0.717) is 0 Å². The summed E-state index contributed by atoms with van der Waals surface area (Å²) in [7, 11) is 0. The number of carbonyl (C=O) groups is 2. The Morgan fingerprint density at radius 3 is 1.15 bits per heavy atom. The van der Waals surface area contributed by atoms with Crippen LogP contribution in [-0.4, -0.2) is 22.2 Å². The molecule has 80 valence electrons. The molecule has 0 spiro atoms. The van der Waals surface area contributed by atoms with Crippen molar-refractivity contribution in [2.75, 3.05) is 0 Å². The number of hydrogen-bond donors (Lipinski definition) is 4. The van der Waals surface area contributed by atoms with Crippen molar-refractivity contribution in [2.24, 2.45) is 0 Å². The van der Waals surface area contributed by atoms with Gasteiger partial charge < -0.3 is 54.5 Å². The average Bonchev–Trinajstić information content (AvgIpc) is 1.84. The van der Waals surface area contributed by atoms with Crippen LogP contribution in [0.5, 0.6) is 0 Å². The second kappa shape index (κ2) is 9.13. The minimum absolute atomic E-state index is 0. The van der Waals surface area contributed by atoms with Gasteiger partial charge in [0, 0.05) is 0 Å². The van der Waals surface area contributed by atoms with Crippen molar-refractivity contribution in [3.8, 4) is 0 Å². The van der Waals surface area contributed by atoms with Crippen molar-refractivity contribution < 1.29 is 47.1 Å². The van der Waals surface area contributed by atoms with Gasteiger partial charge in [0.15, 0.2) is 0 Å². The van der Waals surface area contributed by atoms with E-state index in [0.717, 1.165) is 0 Å². The van der Waals surface area contributed by atoms with Crippen molar-refractivity contribution in [2.45, 2.75) is 0 Å². The van der Waals surface area contributed by atoms with Crippen LogP contribution < -0.4 is 22.5 Å². The third kappa shape index (κ3) is 7.40. The standard InChI is InChI=1S/C4H4O6.Fe.2H3N/c5-1(3(7)8)2(6)4(9)10;;;/h5-6H,(H,7,8)(H,9,10);;2*1H3/q-2;+2;;. The summed E-state index contributed by atoms with van der Waals surface area (Å²) >= 11 is 0. The average molecular weight is 238 g/mol. The molecule has 0 aliphatic carbocycles. The Hall–Kier alpha value is -0.961. The maximum absolute atomic E-state index is 9.58. The van der Waals surface area contributed by atoms with Gasteiger partial charge in [0.2, 0.25) is 0 Å². The maximum Gasteiger partial charge on any atom is 2.00 e. The Bertz CT molecular complexity index is 147. The molecule has 9 heteroatoms. The number of quaternary nitrogens is 2. The van der Waals surface area contributed by atoms with Crippen molar-refractivity contribution in [3.63, 3.8) is 0 Å². The molecular formula is C4H10FeN2O6. The quantitative estimate of drug-likeness (QED) is 0.299. The zero-order chi connectivity index (χ0) is 8.31. The van der Waals surface area contributed by atoms with Gasteiger partial charge in [-0.15, -0.1) is 0 Å². The van der Waals surface area contributed by atoms with Crippen LogP contribution in [0, 0.1) is 12.2 Å². The first-order chi connectivity index (χ1) is 4.46. The van der Waals surface area contributed by atoms with E-state index >= 15 is 0 Å². The molecule has 0 saturated carbocycles. The van der Waals surface area contributed by atoms with E-state index in [9.17, 15) is 19.8 Å². The molecule has 0 bridgehead atoms. The molecule has 0 aliphatic heterocycles. The summed E-state index contributed by atoms with van der Waals surface area (Å²) in [4.78, 5) is 19.2. The minimum Gasteiger partial charge on any atom is -0.584 e. The summed E-state index contributed by atoms with van der Waals surface area (Å²) in [5, 5.41) is 35.4. The van der Waals surface area contributed by atoms with Crippen LogP contribution in [0.3, 0.4) is 0 Å². The van der Waals surface area contributed by atoms with Crippen molar-refractivity contribution in [3.05, 3.63) is 12.2 Å². The van der Waals surface area contributed by atoms with Gasteiger partial charge in [-0.2, -0.15) is 0 Å². The molecule has 13 heavy (non-hydrogen) atoms. The molecule has 0 fully saturated rings. The fourth-order valence-electron chi connectivity index (χ4n) is 0.193. The molecule has 0 heterocycles. The number of aliphatic hydroxyl groups excluding tert-OH is 2. The van der Waals surface area contributed by atoms with E-state index < -0.39 is 24.1 Å². The Morgan fingerprint density at radius 2 is 1.08 bits per heavy atom. The summed E-state index contributed by atoms with van der Waals surface area (Å²) in [5.74, 6) is -4.36. The molecule has 0 aromatic carbocycles. The molecular weight excluding hydrogens is 228 g/mol. The molecule has 0 radical (unpaired) electrons. The summed E-state index contributed by atoms with van der Waals surface area (Å²) in [6.07, 6.45) is -3.50. The summed E-state index contributed by atoms with van der Waals surface area (Å²) in [6.45, 7) is 0. The van der Waals surface area contributed by atoms with Gasteiger partial charge in [0.25, 0.3) is 0 Å². The molecule has 0 rings (SSSR count). The minimum atomic E-state index is -2.18. The molecule has 0 saturated heterocycles. The Balaban J connectivity index is -0.000000135. The molecule has 0 atom stereocenters. The molecule has 0 amide bonds. The van der Waals surface area contributed by atoms with Gasteiger partial charge in [0.1, 0.15) is 0 Å². The van der Waals surface area contributed by atoms with E-state index in [1.54, 1.807) is 0 Å². The van der Waals surface area contributed by atoms with Crippen LogP contribution in [0.4, 0.5) is 0 Å². The third-order valence-electron chi connectivity index (χ3n) is 0.611. The van der Waals surface area contributed by atoms with Gasteiger partial charge in [-0.1, -0.05) is 11.9 Å². The van der Waals surface area contributed by atoms with Crippen LogP contribution in [0.15, 0.2) is 0 Å². The monoisotopic (exact) mass is 238 g/mol. The smallest absolute Gasteiger partial charge is 0.584 e. The van der Waals surface area contributed by atoms with Gasteiger partial charge >= 0.3 is 17.1 Å². The zero-order valence-corrected chi connectivity index (χ0v) is 7.99. The number of carboxylic acids is 2. The SMILES string of the molecule is O=C([O-])[C-](O)[C-](O)C(=O)[O-].[Fe+2].[NH4+].[NH4+]. The van der Waals surface area contributed by atoms with Gasteiger partial charge in [-0.05, 0) is 0 Å². The molecule has 0 aromatic heterocycles. The largest absolute Gasteiger partial charge is 2.00 e. The first-order valence-electron chi connectivity index (χ1n) is 2.01. The summed E-state index contributed by atoms with van der Waals surface area (Å²) < 4.78 is 0. The van der Waals surface area contributed by atoms with Crippen molar-refractivity contribution >= 4 is 11.9 Å². The van der Waals surface area contributed by atoms with E-state index in [4.69, 9.17) is 10.2 Å². The van der Waals surface area contributed by atoms with Crippen LogP contribution in [0.25, 0.3) is 0 Å². The first-order valence-corrected chi connectivity index (χ1v) is 2.01. The predicted octanol–water partition coefficient (Wildman–Crippen LogP) is -2.95. The normalized spacial score (nSPS) is 6.62. The number of aliphatic carboxylic acids is 2. The number of hydrogen-bond acceptors (Lipinski definition) is 6. The second-order valence-electron chi connectivity index (χ2n) is 1.27. The van der Waals surface area contributed by atoms with E-state index in [2.05, 4.69) is 0 Å². The fraction of sp³-hybridized carbons (Fsp3) is 0. The van der Waals surface area contributed by atoms with E-state index in [-0.39, 0.29) is 29.4 Å². The van der Waals surface area contributed by atoms with Gasteiger partial charge in [0.05, 0.1) is 0 Å².